The molecule has 7 aromatic rings. The summed E-state index contributed by atoms with van der Waals surface area (Å²) >= 11 is 0. The highest BCUT2D eigenvalue weighted by molar-refractivity contribution is 7.92. The van der Waals surface area contributed by atoms with Gasteiger partial charge in [-0.25, -0.2) is 22.9 Å². The van der Waals surface area contributed by atoms with Gasteiger partial charge in [0, 0.05) is 23.6 Å². The number of rotatable bonds is 9. The van der Waals surface area contributed by atoms with Crippen molar-refractivity contribution >= 4 is 38.1 Å². The number of H-pyrrole nitrogens is 1. The summed E-state index contributed by atoms with van der Waals surface area (Å²) in [4.78, 5) is 26.1. The van der Waals surface area contributed by atoms with Crippen LogP contribution in [0.2, 0.25) is 0 Å². The van der Waals surface area contributed by atoms with Crippen molar-refractivity contribution in [2.24, 2.45) is 0 Å². The van der Waals surface area contributed by atoms with E-state index in [0.717, 1.165) is 16.7 Å². The lowest BCUT2D eigenvalue weighted by Crippen LogP contribution is -2.29. The van der Waals surface area contributed by atoms with Gasteiger partial charge < -0.3 is 15.0 Å². The lowest BCUT2D eigenvalue weighted by atomic mass is 10.1. The van der Waals surface area contributed by atoms with Crippen LogP contribution in [0.25, 0.3) is 33.4 Å². The highest BCUT2D eigenvalue weighted by Gasteiger charge is 2.22. The normalized spacial score (nSPS) is 12.3. The molecule has 4 aromatic heterocycles. The Labute approximate surface area is 269 Å². The number of methoxy groups -OCH3 is 1. The van der Waals surface area contributed by atoms with Crippen LogP contribution in [-0.2, 0) is 10.0 Å². The minimum atomic E-state index is -3.85. The highest BCUT2D eigenvalue weighted by atomic mass is 32.2. The first-order valence-electron chi connectivity index (χ1n) is 14.8. The second-order valence-electron chi connectivity index (χ2n) is 11.0. The van der Waals surface area contributed by atoms with Crippen LogP contribution in [0.3, 0.4) is 0 Å². The summed E-state index contributed by atoms with van der Waals surface area (Å²) in [6.45, 7) is 3.80. The molecule has 0 aliphatic carbocycles. The molecule has 13 heteroatoms. The van der Waals surface area contributed by atoms with Crippen molar-refractivity contribution in [3.63, 3.8) is 0 Å². The SMILES string of the molecule is COc1ccc(S(=O)(=O)Nc2cccc(-c3c[nH]c4ncnc(N[C@@H](C)c5nn6ccc(C)c6c(=O)n5-c5ccccc5)c34)c2)cc1. The van der Waals surface area contributed by atoms with Gasteiger partial charge in [0.05, 0.1) is 29.1 Å². The molecule has 4 heterocycles. The number of ether oxygens (including phenoxy) is 1. The van der Waals surface area contributed by atoms with Crippen LogP contribution in [0.5, 0.6) is 5.75 Å². The van der Waals surface area contributed by atoms with Gasteiger partial charge in [-0.2, -0.15) is 5.10 Å². The van der Waals surface area contributed by atoms with E-state index >= 15 is 0 Å². The summed E-state index contributed by atoms with van der Waals surface area (Å²) in [6, 6.07) is 24.1. The van der Waals surface area contributed by atoms with Crippen molar-refractivity contribution in [2.75, 3.05) is 17.1 Å². The lowest BCUT2D eigenvalue weighted by molar-refractivity contribution is 0.414. The number of para-hydroxylation sites is 1. The summed E-state index contributed by atoms with van der Waals surface area (Å²) in [5.41, 5.74) is 4.32. The monoisotopic (exact) mass is 646 g/mol. The van der Waals surface area contributed by atoms with Crippen molar-refractivity contribution < 1.29 is 13.2 Å². The van der Waals surface area contributed by atoms with E-state index in [1.165, 1.54) is 25.6 Å². The summed E-state index contributed by atoms with van der Waals surface area (Å²) in [5.74, 6) is 1.56. The zero-order valence-corrected chi connectivity index (χ0v) is 26.5. The first kappa shape index (κ1) is 29.7. The third-order valence-electron chi connectivity index (χ3n) is 7.93. The highest BCUT2D eigenvalue weighted by Crippen LogP contribution is 2.35. The number of hydrogen-bond acceptors (Lipinski definition) is 8. The van der Waals surface area contributed by atoms with Crippen LogP contribution >= 0.6 is 0 Å². The van der Waals surface area contributed by atoms with Crippen LogP contribution in [0.4, 0.5) is 11.5 Å². The molecule has 12 nitrogen and oxygen atoms in total. The quantitative estimate of drug-likeness (QED) is 0.181. The van der Waals surface area contributed by atoms with Gasteiger partial charge in [0.15, 0.2) is 5.82 Å². The first-order valence-corrected chi connectivity index (χ1v) is 16.2. The molecule has 0 aliphatic rings. The number of aromatic nitrogens is 6. The van der Waals surface area contributed by atoms with E-state index in [2.05, 4.69) is 25.0 Å². The molecule has 236 valence electrons. The Balaban J connectivity index is 1.26. The molecule has 7 rings (SSSR count). The fourth-order valence-electron chi connectivity index (χ4n) is 5.63. The molecular weight excluding hydrogens is 616 g/mol. The molecule has 1 atom stereocenters. The van der Waals surface area contributed by atoms with E-state index in [0.29, 0.717) is 45.3 Å². The fourth-order valence-corrected chi connectivity index (χ4v) is 6.68. The third kappa shape index (κ3) is 5.46. The summed E-state index contributed by atoms with van der Waals surface area (Å²) in [5, 5.41) is 9.01. The summed E-state index contributed by atoms with van der Waals surface area (Å²) < 4.78 is 37.3. The number of nitrogens with zero attached hydrogens (tertiary/aromatic N) is 5. The van der Waals surface area contributed by atoms with Gasteiger partial charge in [-0.15, -0.1) is 0 Å². The van der Waals surface area contributed by atoms with E-state index in [-0.39, 0.29) is 10.5 Å². The lowest BCUT2D eigenvalue weighted by Gasteiger charge is -2.20. The Hall–Kier alpha value is -5.95. The maximum Gasteiger partial charge on any atom is 0.282 e. The Morgan fingerprint density at radius 1 is 0.957 bits per heavy atom. The standard InChI is InChI=1S/C34H30N8O4S/c1-21-16-17-41-30(21)34(43)42(25-10-5-4-6-11-25)33(39-41)22(2)38-32-29-28(19-35-31(29)36-20-37-32)23-8-7-9-24(18-23)40-47(44,45)27-14-12-26(46-3)13-15-27/h4-20,22,40H,1-3H3,(H2,35,36,37,38)/t22-/m0/s1. The smallest absolute Gasteiger partial charge is 0.282 e. The predicted octanol–water partition coefficient (Wildman–Crippen LogP) is 5.71. The molecule has 0 radical (unpaired) electrons. The second kappa shape index (κ2) is 11.8. The molecule has 0 unspecified atom stereocenters. The van der Waals surface area contributed by atoms with E-state index in [1.807, 2.05) is 56.3 Å². The molecule has 3 N–H and O–H groups in total. The van der Waals surface area contributed by atoms with Gasteiger partial charge in [0.25, 0.3) is 15.6 Å². The zero-order chi connectivity index (χ0) is 32.7. The van der Waals surface area contributed by atoms with Crippen LogP contribution in [-0.4, -0.2) is 44.7 Å². The van der Waals surface area contributed by atoms with Crippen LogP contribution in [0.15, 0.2) is 113 Å². The Bertz CT molecular complexity index is 2420. The van der Waals surface area contributed by atoms with Crippen molar-refractivity contribution in [2.45, 2.75) is 24.8 Å². The average molecular weight is 647 g/mol. The third-order valence-corrected chi connectivity index (χ3v) is 9.33. The number of sulfonamides is 1. The van der Waals surface area contributed by atoms with E-state index in [4.69, 9.17) is 9.84 Å². The van der Waals surface area contributed by atoms with E-state index in [1.54, 1.807) is 51.8 Å². The molecule has 0 bridgehead atoms. The summed E-state index contributed by atoms with van der Waals surface area (Å²) in [7, 11) is -2.33. The van der Waals surface area contributed by atoms with Gasteiger partial charge in [-0.05, 0) is 79.6 Å². The maximum atomic E-state index is 13.8. The number of aromatic amines is 1. The molecule has 47 heavy (non-hydrogen) atoms. The first-order chi connectivity index (χ1) is 22.7. The van der Waals surface area contributed by atoms with E-state index < -0.39 is 16.1 Å². The van der Waals surface area contributed by atoms with Gasteiger partial charge in [-0.1, -0.05) is 30.3 Å². The molecular formula is C34H30N8O4S. The minimum Gasteiger partial charge on any atom is -0.497 e. The predicted molar refractivity (Wildman–Crippen MR) is 181 cm³/mol. The zero-order valence-electron chi connectivity index (χ0n) is 25.7. The molecule has 0 saturated carbocycles. The minimum absolute atomic E-state index is 0.112. The largest absolute Gasteiger partial charge is 0.497 e. The molecule has 0 aliphatic heterocycles. The van der Waals surface area contributed by atoms with E-state index in [9.17, 15) is 13.2 Å². The van der Waals surface area contributed by atoms with Crippen LogP contribution in [0.1, 0.15) is 24.4 Å². The molecule has 0 saturated heterocycles. The number of nitrogens with one attached hydrogen (secondary N) is 3. The number of anilines is 2. The molecule has 0 spiro atoms. The number of benzene rings is 3. The van der Waals surface area contributed by atoms with Crippen molar-refractivity contribution in [3.8, 4) is 22.6 Å². The van der Waals surface area contributed by atoms with Gasteiger partial charge in [0.2, 0.25) is 0 Å². The van der Waals surface area contributed by atoms with Crippen molar-refractivity contribution in [3.05, 3.63) is 125 Å². The average Bonchev–Trinajstić information content (AvgIpc) is 3.69. The number of aryl methyl sites for hydroxylation is 1. The van der Waals surface area contributed by atoms with Gasteiger partial charge >= 0.3 is 0 Å². The Morgan fingerprint density at radius 2 is 1.74 bits per heavy atom. The summed E-state index contributed by atoms with van der Waals surface area (Å²) in [6.07, 6.45) is 5.03. The number of hydrogen-bond donors (Lipinski definition) is 3. The maximum absolute atomic E-state index is 13.8. The second-order valence-corrected chi connectivity index (χ2v) is 12.7. The molecule has 3 aromatic carbocycles. The van der Waals surface area contributed by atoms with Gasteiger partial charge in [-0.3, -0.25) is 14.1 Å². The van der Waals surface area contributed by atoms with Gasteiger partial charge in [0.1, 0.15) is 29.1 Å². The van der Waals surface area contributed by atoms with Crippen LogP contribution in [0, 0.1) is 6.92 Å². The Kier molecular flexibility index (Phi) is 7.45. The molecule has 0 amide bonds. The van der Waals surface area contributed by atoms with Crippen LogP contribution < -0.4 is 20.3 Å². The Morgan fingerprint density at radius 3 is 2.51 bits per heavy atom. The number of fused-ring (bicyclic) bond motifs is 2. The fraction of sp³-hybridized carbons (Fsp3) is 0.118. The van der Waals surface area contributed by atoms with Crippen molar-refractivity contribution in [1.82, 2.24) is 29.1 Å². The topological polar surface area (TPSA) is 148 Å². The molecule has 0 fully saturated rings. The van der Waals surface area contributed by atoms with Crippen molar-refractivity contribution in [1.29, 1.82) is 0 Å².